The van der Waals surface area contributed by atoms with Crippen molar-refractivity contribution in [1.29, 1.82) is 0 Å². The van der Waals surface area contributed by atoms with Crippen LogP contribution >= 0.6 is 0 Å². The van der Waals surface area contributed by atoms with Crippen molar-refractivity contribution < 1.29 is 14.0 Å². The first kappa shape index (κ1) is 17.8. The molecule has 2 amide bonds. The molecule has 2 fully saturated rings. The molecule has 5 rings (SSSR count). The normalized spacial score (nSPS) is 21.5. The zero-order valence-electron chi connectivity index (χ0n) is 15.8. The molecule has 1 atom stereocenters. The Morgan fingerprint density at radius 3 is 2.79 bits per heavy atom. The van der Waals surface area contributed by atoms with Crippen LogP contribution in [0.5, 0.6) is 0 Å². The van der Waals surface area contributed by atoms with E-state index in [9.17, 15) is 14.0 Å². The summed E-state index contributed by atoms with van der Waals surface area (Å²) in [5.41, 5.74) is 1.72. The lowest BCUT2D eigenvalue weighted by Crippen LogP contribution is -2.34. The van der Waals surface area contributed by atoms with E-state index in [-0.39, 0.29) is 23.0 Å². The summed E-state index contributed by atoms with van der Waals surface area (Å²) in [6.45, 7) is 1.64. The molecule has 0 bridgehead atoms. The van der Waals surface area contributed by atoms with Crippen LogP contribution in [0.15, 0.2) is 60.8 Å². The lowest BCUT2D eigenvalue weighted by atomic mass is 9.86. The quantitative estimate of drug-likeness (QED) is 0.672. The highest BCUT2D eigenvalue weighted by Gasteiger charge is 2.48. The summed E-state index contributed by atoms with van der Waals surface area (Å²) in [6.07, 6.45) is 2.76. The second kappa shape index (κ2) is 6.65. The van der Waals surface area contributed by atoms with Crippen LogP contribution in [0, 0.1) is 11.2 Å². The first-order valence-corrected chi connectivity index (χ1v) is 9.73. The van der Waals surface area contributed by atoms with Crippen LogP contribution in [0.1, 0.15) is 23.2 Å². The Balaban J connectivity index is 1.35. The number of fused-ring (bicyclic) bond motifs is 1. The number of pyridine rings is 1. The van der Waals surface area contributed by atoms with Crippen LogP contribution in [0.25, 0.3) is 10.9 Å². The molecule has 3 aromatic rings. The van der Waals surface area contributed by atoms with Gasteiger partial charge in [-0.15, -0.1) is 0 Å². The molecule has 0 radical (unpaired) electrons. The van der Waals surface area contributed by atoms with Gasteiger partial charge in [0.1, 0.15) is 5.82 Å². The van der Waals surface area contributed by atoms with Gasteiger partial charge in [-0.25, -0.2) is 4.39 Å². The monoisotopic (exact) mass is 389 g/mol. The average molecular weight is 389 g/mol. The fraction of sp³-hybridized carbons (Fsp3) is 0.261. The van der Waals surface area contributed by atoms with E-state index in [0.717, 1.165) is 17.3 Å². The third kappa shape index (κ3) is 3.14. The second-order valence-corrected chi connectivity index (χ2v) is 8.03. The van der Waals surface area contributed by atoms with E-state index >= 15 is 0 Å². The molecule has 1 aromatic heterocycles. The summed E-state index contributed by atoms with van der Waals surface area (Å²) in [5, 5.41) is 0.931. The summed E-state index contributed by atoms with van der Waals surface area (Å²) in [4.78, 5) is 33.5. The molecular weight excluding hydrogens is 369 g/mol. The molecular formula is C23H20FN3O2. The predicted octanol–water partition coefficient (Wildman–Crippen LogP) is 3.64. The number of likely N-dealkylation sites (tertiary alicyclic amines) is 1. The van der Waals surface area contributed by atoms with E-state index in [1.165, 1.54) is 12.1 Å². The minimum Gasteiger partial charge on any atom is -0.338 e. The van der Waals surface area contributed by atoms with Gasteiger partial charge >= 0.3 is 0 Å². The maximum atomic E-state index is 13.6. The lowest BCUT2D eigenvalue weighted by Gasteiger charge is -2.24. The molecule has 2 saturated heterocycles. The Bertz CT molecular complexity index is 1130. The predicted molar refractivity (Wildman–Crippen MR) is 108 cm³/mol. The number of nitrogens with zero attached hydrogens (tertiary/aromatic N) is 3. The van der Waals surface area contributed by atoms with Gasteiger partial charge < -0.3 is 9.80 Å². The van der Waals surface area contributed by atoms with Gasteiger partial charge in [-0.05, 0) is 36.8 Å². The first-order chi connectivity index (χ1) is 14.0. The maximum Gasteiger partial charge on any atom is 0.255 e. The van der Waals surface area contributed by atoms with E-state index in [0.29, 0.717) is 37.3 Å². The number of carbonyl (C=O) groups excluding carboxylic acids is 2. The molecule has 29 heavy (non-hydrogen) atoms. The molecule has 0 aliphatic carbocycles. The van der Waals surface area contributed by atoms with Crippen LogP contribution in [-0.4, -0.2) is 41.3 Å². The number of amides is 2. The molecule has 5 nitrogen and oxygen atoms in total. The zero-order chi connectivity index (χ0) is 20.0. The van der Waals surface area contributed by atoms with Gasteiger partial charge in [0.2, 0.25) is 5.91 Å². The maximum absolute atomic E-state index is 13.6. The van der Waals surface area contributed by atoms with Gasteiger partial charge in [-0.2, -0.15) is 0 Å². The topological polar surface area (TPSA) is 53.5 Å². The van der Waals surface area contributed by atoms with Crippen molar-refractivity contribution in [3.8, 4) is 0 Å². The summed E-state index contributed by atoms with van der Waals surface area (Å²) in [5.74, 6) is -0.433. The molecule has 0 N–H and O–H groups in total. The van der Waals surface area contributed by atoms with Gasteiger partial charge in [0.25, 0.3) is 5.91 Å². The number of halogens is 1. The van der Waals surface area contributed by atoms with Crippen LogP contribution in [0.2, 0.25) is 0 Å². The van der Waals surface area contributed by atoms with E-state index in [1.54, 1.807) is 23.2 Å². The molecule has 0 saturated carbocycles. The lowest BCUT2D eigenvalue weighted by molar-refractivity contribution is -0.117. The number of carbonyl (C=O) groups is 2. The average Bonchev–Trinajstić information content (AvgIpc) is 3.29. The Morgan fingerprint density at radius 2 is 1.93 bits per heavy atom. The number of hydrogen-bond acceptors (Lipinski definition) is 3. The SMILES string of the molecule is O=C(c1cnc2ccccc2c1)N1CCC2(CC(=O)N(c3cccc(F)c3)C2)C1. The Kier molecular flexibility index (Phi) is 4.08. The number of aromatic nitrogens is 1. The first-order valence-electron chi connectivity index (χ1n) is 9.73. The fourth-order valence-corrected chi connectivity index (χ4v) is 4.53. The zero-order valence-corrected chi connectivity index (χ0v) is 15.8. The highest BCUT2D eigenvalue weighted by molar-refractivity contribution is 5.99. The fourth-order valence-electron chi connectivity index (χ4n) is 4.53. The number of para-hydroxylation sites is 1. The number of benzene rings is 2. The molecule has 2 aromatic carbocycles. The van der Waals surface area contributed by atoms with Crippen molar-refractivity contribution in [2.75, 3.05) is 24.5 Å². The highest BCUT2D eigenvalue weighted by atomic mass is 19.1. The molecule has 1 spiro atoms. The van der Waals surface area contributed by atoms with Gasteiger partial charge in [-0.3, -0.25) is 14.6 Å². The summed E-state index contributed by atoms with van der Waals surface area (Å²) in [7, 11) is 0. The van der Waals surface area contributed by atoms with Crippen molar-refractivity contribution in [1.82, 2.24) is 9.88 Å². The Hall–Kier alpha value is -3.28. The van der Waals surface area contributed by atoms with Crippen molar-refractivity contribution in [3.05, 3.63) is 72.2 Å². The van der Waals surface area contributed by atoms with Crippen molar-refractivity contribution in [2.24, 2.45) is 5.41 Å². The standard InChI is InChI=1S/C23H20FN3O2/c24-18-5-3-6-19(11-18)27-15-23(12-21(27)28)8-9-26(14-23)22(29)17-10-16-4-1-2-7-20(16)25-13-17/h1-7,10-11,13H,8-9,12,14-15H2. The van der Waals surface area contributed by atoms with Crippen molar-refractivity contribution in [3.63, 3.8) is 0 Å². The van der Waals surface area contributed by atoms with Crippen molar-refractivity contribution in [2.45, 2.75) is 12.8 Å². The second-order valence-electron chi connectivity index (χ2n) is 8.03. The summed E-state index contributed by atoms with van der Waals surface area (Å²) in [6, 6.07) is 15.7. The Morgan fingerprint density at radius 1 is 1.07 bits per heavy atom. The molecule has 2 aliphatic heterocycles. The van der Waals surface area contributed by atoms with Gasteiger partial charge in [0.15, 0.2) is 0 Å². The third-order valence-corrected chi connectivity index (χ3v) is 6.00. The smallest absolute Gasteiger partial charge is 0.255 e. The largest absolute Gasteiger partial charge is 0.338 e. The van der Waals surface area contributed by atoms with E-state index in [2.05, 4.69) is 4.98 Å². The van der Waals surface area contributed by atoms with Crippen LogP contribution in [-0.2, 0) is 4.79 Å². The van der Waals surface area contributed by atoms with E-state index in [1.807, 2.05) is 35.2 Å². The van der Waals surface area contributed by atoms with Crippen LogP contribution in [0.4, 0.5) is 10.1 Å². The minimum absolute atomic E-state index is 0.0164. The van der Waals surface area contributed by atoms with Crippen LogP contribution in [0.3, 0.4) is 0 Å². The van der Waals surface area contributed by atoms with E-state index < -0.39 is 0 Å². The van der Waals surface area contributed by atoms with Crippen LogP contribution < -0.4 is 4.90 Å². The van der Waals surface area contributed by atoms with Gasteiger partial charge in [-0.1, -0.05) is 24.3 Å². The molecule has 2 aliphatic rings. The van der Waals surface area contributed by atoms with Gasteiger partial charge in [0.05, 0.1) is 11.1 Å². The number of hydrogen-bond donors (Lipinski definition) is 0. The van der Waals surface area contributed by atoms with Crippen molar-refractivity contribution >= 4 is 28.4 Å². The molecule has 146 valence electrons. The van der Waals surface area contributed by atoms with Gasteiger partial charge in [0, 0.05) is 48.7 Å². The highest BCUT2D eigenvalue weighted by Crippen LogP contribution is 2.42. The number of anilines is 1. The summed E-state index contributed by atoms with van der Waals surface area (Å²) < 4.78 is 13.6. The number of rotatable bonds is 2. The molecule has 3 heterocycles. The molecule has 1 unspecified atom stereocenters. The molecule has 6 heteroatoms. The third-order valence-electron chi connectivity index (χ3n) is 6.00. The minimum atomic E-state index is -0.358. The Labute approximate surface area is 167 Å². The summed E-state index contributed by atoms with van der Waals surface area (Å²) >= 11 is 0. The van der Waals surface area contributed by atoms with E-state index in [4.69, 9.17) is 0 Å².